The van der Waals surface area contributed by atoms with Crippen LogP contribution >= 0.6 is 11.6 Å². The normalized spacial score (nSPS) is 18.0. The summed E-state index contributed by atoms with van der Waals surface area (Å²) < 4.78 is 25.5. The lowest BCUT2D eigenvalue weighted by Gasteiger charge is -2.28. The van der Waals surface area contributed by atoms with Crippen LogP contribution in [-0.2, 0) is 14.8 Å². The van der Waals surface area contributed by atoms with E-state index in [9.17, 15) is 13.2 Å². The first-order chi connectivity index (χ1) is 10.3. The molecule has 0 spiro atoms. The third-order valence-electron chi connectivity index (χ3n) is 3.71. The van der Waals surface area contributed by atoms with Crippen molar-refractivity contribution in [2.75, 3.05) is 27.8 Å². The minimum atomic E-state index is -3.21. The Morgan fingerprint density at radius 2 is 1.91 bits per heavy atom. The molecule has 2 rings (SSSR count). The molecule has 0 aliphatic carbocycles. The van der Waals surface area contributed by atoms with Crippen LogP contribution in [0, 0.1) is 5.41 Å². The summed E-state index contributed by atoms with van der Waals surface area (Å²) in [5.74, 6) is 0.249. The van der Waals surface area contributed by atoms with E-state index in [2.05, 4.69) is 5.32 Å². The first kappa shape index (κ1) is 17.1. The van der Waals surface area contributed by atoms with Gasteiger partial charge in [0.1, 0.15) is 0 Å². The van der Waals surface area contributed by atoms with Crippen molar-refractivity contribution < 1.29 is 13.2 Å². The number of rotatable bonds is 4. The van der Waals surface area contributed by atoms with E-state index in [4.69, 9.17) is 11.6 Å². The Labute approximate surface area is 136 Å². The summed E-state index contributed by atoms with van der Waals surface area (Å²) in [5, 5.41) is 2.79. The van der Waals surface area contributed by atoms with Gasteiger partial charge in [0, 0.05) is 18.1 Å². The number of anilines is 2. The van der Waals surface area contributed by atoms with Crippen molar-refractivity contribution >= 4 is 38.9 Å². The third-order valence-corrected chi connectivity index (χ3v) is 6.25. The number of carbonyl (C=O) groups is 1. The van der Waals surface area contributed by atoms with Crippen LogP contribution in [0.2, 0.25) is 0 Å². The van der Waals surface area contributed by atoms with Gasteiger partial charge in [-0.2, -0.15) is 0 Å². The van der Waals surface area contributed by atoms with E-state index in [-0.39, 0.29) is 17.5 Å². The average Bonchev–Trinajstić information content (AvgIpc) is 2.48. The lowest BCUT2D eigenvalue weighted by molar-refractivity contribution is -0.122. The zero-order valence-electron chi connectivity index (χ0n) is 12.8. The topological polar surface area (TPSA) is 66.5 Å². The molecule has 0 unspecified atom stereocenters. The third kappa shape index (κ3) is 3.73. The van der Waals surface area contributed by atoms with E-state index in [1.54, 1.807) is 38.1 Å². The summed E-state index contributed by atoms with van der Waals surface area (Å²) in [6, 6.07) is 6.85. The molecule has 0 aromatic heterocycles. The fourth-order valence-corrected chi connectivity index (χ4v) is 3.91. The van der Waals surface area contributed by atoms with E-state index in [1.807, 2.05) is 0 Å². The van der Waals surface area contributed by atoms with Gasteiger partial charge >= 0.3 is 0 Å². The molecule has 0 bridgehead atoms. The van der Waals surface area contributed by atoms with E-state index >= 15 is 0 Å². The van der Waals surface area contributed by atoms with Crippen LogP contribution in [0.1, 0.15) is 26.7 Å². The molecule has 1 aliphatic heterocycles. The molecular weight excluding hydrogens is 324 g/mol. The molecule has 1 saturated heterocycles. The molecule has 0 saturated carbocycles. The number of sulfonamides is 1. The second-order valence-electron chi connectivity index (χ2n) is 6.11. The maximum Gasteiger partial charge on any atom is 0.235 e. The molecule has 1 aromatic carbocycles. The molecule has 0 radical (unpaired) electrons. The van der Waals surface area contributed by atoms with Crippen LogP contribution in [0.4, 0.5) is 11.4 Å². The fourth-order valence-electron chi connectivity index (χ4n) is 2.15. The van der Waals surface area contributed by atoms with Gasteiger partial charge < -0.3 is 5.32 Å². The van der Waals surface area contributed by atoms with Crippen molar-refractivity contribution in [3.63, 3.8) is 0 Å². The Kier molecular flexibility index (Phi) is 5.02. The first-order valence-corrected chi connectivity index (χ1v) is 9.38. The lowest BCUT2D eigenvalue weighted by Crippen LogP contribution is -2.37. The first-order valence-electron chi connectivity index (χ1n) is 7.24. The monoisotopic (exact) mass is 344 g/mol. The summed E-state index contributed by atoms with van der Waals surface area (Å²) in [7, 11) is -3.21. The van der Waals surface area contributed by atoms with Gasteiger partial charge in [-0.05, 0) is 51.0 Å². The lowest BCUT2D eigenvalue weighted by atomic mass is 9.95. The van der Waals surface area contributed by atoms with Crippen molar-refractivity contribution in [2.24, 2.45) is 5.41 Å². The van der Waals surface area contributed by atoms with Gasteiger partial charge in [-0.1, -0.05) is 0 Å². The van der Waals surface area contributed by atoms with E-state index < -0.39 is 15.4 Å². The number of benzene rings is 1. The van der Waals surface area contributed by atoms with Crippen molar-refractivity contribution in [1.29, 1.82) is 0 Å². The van der Waals surface area contributed by atoms with Crippen LogP contribution in [0.3, 0.4) is 0 Å². The molecule has 1 heterocycles. The molecular formula is C15H21ClN2O3S. The predicted molar refractivity (Wildman–Crippen MR) is 89.9 cm³/mol. The summed E-state index contributed by atoms with van der Waals surface area (Å²) >= 11 is 5.78. The van der Waals surface area contributed by atoms with E-state index in [0.717, 1.165) is 6.42 Å². The zero-order valence-corrected chi connectivity index (χ0v) is 14.4. The van der Waals surface area contributed by atoms with Gasteiger partial charge in [-0.15, -0.1) is 11.6 Å². The molecule has 0 atom stereocenters. The van der Waals surface area contributed by atoms with Crippen molar-refractivity contribution in [3.05, 3.63) is 24.3 Å². The number of hydrogen-bond acceptors (Lipinski definition) is 3. The Hall–Kier alpha value is -1.27. The number of nitrogens with one attached hydrogen (secondary N) is 1. The van der Waals surface area contributed by atoms with Gasteiger partial charge in [-0.3, -0.25) is 9.10 Å². The van der Waals surface area contributed by atoms with E-state index in [1.165, 1.54) is 4.31 Å². The summed E-state index contributed by atoms with van der Waals surface area (Å²) in [4.78, 5) is 12.1. The Balaban J connectivity index is 2.12. The number of carbonyl (C=O) groups excluding carboxylic acids is 1. The predicted octanol–water partition coefficient (Wildman–Crippen LogP) is 2.82. The highest BCUT2D eigenvalue weighted by Crippen LogP contribution is 2.26. The number of halogens is 1. The second kappa shape index (κ2) is 6.46. The summed E-state index contributed by atoms with van der Waals surface area (Å²) in [6.45, 7) is 4.04. The maximum atomic E-state index is 12.1. The van der Waals surface area contributed by atoms with Crippen molar-refractivity contribution in [1.82, 2.24) is 0 Å². The highest BCUT2D eigenvalue weighted by atomic mass is 35.5. The smallest absolute Gasteiger partial charge is 0.235 e. The number of amides is 1. The van der Waals surface area contributed by atoms with Crippen LogP contribution in [0.5, 0.6) is 0 Å². The highest BCUT2D eigenvalue weighted by molar-refractivity contribution is 7.92. The Bertz CT molecular complexity index is 641. The van der Waals surface area contributed by atoms with Crippen LogP contribution in [0.25, 0.3) is 0 Å². The minimum Gasteiger partial charge on any atom is -0.326 e. The van der Waals surface area contributed by atoms with Crippen LogP contribution in [0.15, 0.2) is 24.3 Å². The zero-order chi connectivity index (χ0) is 16.4. The summed E-state index contributed by atoms with van der Waals surface area (Å²) in [5.41, 5.74) is 0.604. The average molecular weight is 345 g/mol. The quantitative estimate of drug-likeness (QED) is 0.854. The number of alkyl halides is 1. The minimum absolute atomic E-state index is 0.166. The van der Waals surface area contributed by atoms with Gasteiger partial charge in [0.2, 0.25) is 15.9 Å². The second-order valence-corrected chi connectivity index (χ2v) is 8.39. The highest BCUT2D eigenvalue weighted by Gasteiger charge is 2.27. The Morgan fingerprint density at radius 3 is 2.45 bits per heavy atom. The van der Waals surface area contributed by atoms with Crippen LogP contribution in [-0.4, -0.2) is 32.5 Å². The standard InChI is InChI=1S/C15H21ClN2O3S/c1-15(2,11-16)14(19)17-12-5-7-13(8-6-12)18-9-3-4-10-22(18,20)21/h5-8H,3-4,9-11H2,1-2H3,(H,17,19). The van der Waals surface area contributed by atoms with Crippen molar-refractivity contribution in [2.45, 2.75) is 26.7 Å². The molecule has 1 aliphatic rings. The van der Waals surface area contributed by atoms with Gasteiger partial charge in [0.25, 0.3) is 0 Å². The largest absolute Gasteiger partial charge is 0.326 e. The molecule has 1 amide bonds. The molecule has 1 fully saturated rings. The van der Waals surface area contributed by atoms with Crippen molar-refractivity contribution in [3.8, 4) is 0 Å². The van der Waals surface area contributed by atoms with Crippen LogP contribution < -0.4 is 9.62 Å². The SMILES string of the molecule is CC(C)(CCl)C(=O)Nc1ccc(N2CCCCS2(=O)=O)cc1. The number of nitrogens with zero attached hydrogens (tertiary/aromatic N) is 1. The Morgan fingerprint density at radius 1 is 1.27 bits per heavy atom. The molecule has 5 nitrogen and oxygen atoms in total. The van der Waals surface area contributed by atoms with E-state index in [0.29, 0.717) is 24.3 Å². The van der Waals surface area contributed by atoms with Gasteiger partial charge in [0.15, 0.2) is 0 Å². The maximum absolute atomic E-state index is 12.1. The molecule has 22 heavy (non-hydrogen) atoms. The molecule has 1 N–H and O–H groups in total. The number of hydrogen-bond donors (Lipinski definition) is 1. The van der Waals surface area contributed by atoms with Gasteiger partial charge in [-0.25, -0.2) is 8.42 Å². The van der Waals surface area contributed by atoms with Gasteiger partial charge in [0.05, 0.1) is 16.9 Å². The molecule has 7 heteroatoms. The fraction of sp³-hybridized carbons (Fsp3) is 0.533. The molecule has 1 aromatic rings. The summed E-state index contributed by atoms with van der Waals surface area (Å²) in [6.07, 6.45) is 1.57. The molecule has 122 valence electrons.